The largest absolute Gasteiger partial charge is 0.444 e. The first-order valence-electron chi connectivity index (χ1n) is 9.53. The Morgan fingerprint density at radius 2 is 1.90 bits per heavy atom. The summed E-state index contributed by atoms with van der Waals surface area (Å²) in [6, 6.07) is 6.55. The van der Waals surface area contributed by atoms with E-state index in [4.69, 9.17) is 9.15 Å². The molecule has 9 heteroatoms. The van der Waals surface area contributed by atoms with Crippen LogP contribution in [0, 0.1) is 12.8 Å². The minimum Gasteiger partial charge on any atom is -0.444 e. The Morgan fingerprint density at radius 1 is 1.24 bits per heavy atom. The van der Waals surface area contributed by atoms with Crippen molar-refractivity contribution in [2.24, 2.45) is 5.92 Å². The summed E-state index contributed by atoms with van der Waals surface area (Å²) in [5, 5.41) is 9.88. The number of alkyl carbamates (subject to hydrolysis) is 1. The zero-order valence-corrected chi connectivity index (χ0v) is 18.5. The van der Waals surface area contributed by atoms with Crippen LogP contribution in [0.3, 0.4) is 0 Å². The lowest BCUT2D eigenvalue weighted by molar-refractivity contribution is 0.0473. The first-order chi connectivity index (χ1) is 13.4. The number of hydrogen-bond acceptors (Lipinski definition) is 7. The Labute approximate surface area is 172 Å². The second-order valence-corrected chi connectivity index (χ2v) is 9.97. The lowest BCUT2D eigenvalue weighted by Crippen LogP contribution is -2.37. The van der Waals surface area contributed by atoms with E-state index in [0.29, 0.717) is 12.0 Å². The van der Waals surface area contributed by atoms with Crippen molar-refractivity contribution < 1.29 is 22.4 Å². The maximum Gasteiger partial charge on any atom is 0.408 e. The number of hydrogen-bond donors (Lipinski definition) is 1. The van der Waals surface area contributed by atoms with Gasteiger partial charge in [0, 0.05) is 0 Å². The number of rotatable bonds is 7. The number of carbonyl (C=O) groups is 1. The Balaban J connectivity index is 2.25. The highest BCUT2D eigenvalue weighted by atomic mass is 32.2. The van der Waals surface area contributed by atoms with E-state index in [1.54, 1.807) is 32.9 Å². The summed E-state index contributed by atoms with van der Waals surface area (Å²) in [5.41, 5.74) is 0.860. The quantitative estimate of drug-likeness (QED) is 0.717. The fraction of sp³-hybridized carbons (Fsp3) is 0.550. The normalized spacial score (nSPS) is 14.3. The van der Waals surface area contributed by atoms with E-state index >= 15 is 0 Å². The van der Waals surface area contributed by atoms with Crippen molar-refractivity contribution in [3.8, 4) is 0 Å². The molecular weight excluding hydrogens is 394 g/mol. The first-order valence-corrected chi connectivity index (χ1v) is 11.2. The predicted octanol–water partition coefficient (Wildman–Crippen LogP) is 3.96. The number of ether oxygens (including phenoxy) is 1. The zero-order chi connectivity index (χ0) is 21.8. The Kier molecular flexibility index (Phi) is 7.05. The predicted molar refractivity (Wildman–Crippen MR) is 108 cm³/mol. The Morgan fingerprint density at radius 3 is 2.48 bits per heavy atom. The standard InChI is InChI=1S/C20H29N3O5S/c1-7-13(2)16(21-18(24)28-20(4,5)6)17-22-23-19(27-17)29(25,26)12-15-11-9-8-10-14(15)3/h8-11,13,16H,7,12H2,1-6H3,(H,21,24)/t13-,16+/m0/s1. The average molecular weight is 424 g/mol. The summed E-state index contributed by atoms with van der Waals surface area (Å²) in [6.45, 7) is 11.0. The molecule has 2 rings (SSSR count). The van der Waals surface area contributed by atoms with Crippen LogP contribution in [0.5, 0.6) is 0 Å². The van der Waals surface area contributed by atoms with E-state index in [2.05, 4.69) is 15.5 Å². The third-order valence-electron chi connectivity index (χ3n) is 4.45. The van der Waals surface area contributed by atoms with Gasteiger partial charge in [-0.2, -0.15) is 0 Å². The third-order valence-corrected chi connectivity index (χ3v) is 5.83. The molecule has 2 aromatic rings. The zero-order valence-electron chi connectivity index (χ0n) is 17.7. The highest BCUT2D eigenvalue weighted by Crippen LogP contribution is 2.26. The van der Waals surface area contributed by atoms with Gasteiger partial charge in [-0.25, -0.2) is 13.2 Å². The van der Waals surface area contributed by atoms with Gasteiger partial charge in [0.25, 0.3) is 0 Å². The average Bonchev–Trinajstić information content (AvgIpc) is 3.10. The van der Waals surface area contributed by atoms with Gasteiger partial charge in [-0.05, 0) is 44.7 Å². The molecule has 29 heavy (non-hydrogen) atoms. The molecule has 0 unspecified atom stereocenters. The van der Waals surface area contributed by atoms with Crippen molar-refractivity contribution in [2.45, 2.75) is 70.6 Å². The van der Waals surface area contributed by atoms with E-state index in [1.807, 2.05) is 32.9 Å². The monoisotopic (exact) mass is 423 g/mol. The molecule has 0 saturated carbocycles. The number of carbonyl (C=O) groups excluding carboxylic acids is 1. The molecule has 0 saturated heterocycles. The topological polar surface area (TPSA) is 111 Å². The lowest BCUT2D eigenvalue weighted by atomic mass is 9.99. The summed E-state index contributed by atoms with van der Waals surface area (Å²) in [4.78, 5) is 12.2. The van der Waals surface area contributed by atoms with Gasteiger partial charge in [-0.3, -0.25) is 0 Å². The molecule has 0 aliphatic heterocycles. The van der Waals surface area contributed by atoms with Crippen LogP contribution in [-0.4, -0.2) is 30.3 Å². The fourth-order valence-corrected chi connectivity index (χ4v) is 3.86. The van der Waals surface area contributed by atoms with Gasteiger partial charge >= 0.3 is 11.3 Å². The number of nitrogens with one attached hydrogen (secondary N) is 1. The summed E-state index contributed by atoms with van der Waals surface area (Å²) in [5.74, 6) is -0.280. The van der Waals surface area contributed by atoms with Gasteiger partial charge in [0.15, 0.2) is 0 Å². The van der Waals surface area contributed by atoms with Crippen LogP contribution < -0.4 is 5.32 Å². The van der Waals surface area contributed by atoms with Crippen LogP contribution in [0.4, 0.5) is 4.79 Å². The summed E-state index contributed by atoms with van der Waals surface area (Å²) >= 11 is 0. The molecule has 0 bridgehead atoms. The van der Waals surface area contributed by atoms with Gasteiger partial charge in [-0.1, -0.05) is 49.6 Å². The number of nitrogens with zero attached hydrogens (tertiary/aromatic N) is 2. The van der Waals surface area contributed by atoms with Crippen LogP contribution in [0.15, 0.2) is 33.9 Å². The van der Waals surface area contributed by atoms with E-state index in [9.17, 15) is 13.2 Å². The van der Waals surface area contributed by atoms with Crippen LogP contribution in [0.2, 0.25) is 0 Å². The minimum atomic E-state index is -3.82. The van der Waals surface area contributed by atoms with Gasteiger partial charge < -0.3 is 14.5 Å². The number of aromatic nitrogens is 2. The molecular formula is C20H29N3O5S. The van der Waals surface area contributed by atoms with Crippen molar-refractivity contribution >= 4 is 15.9 Å². The number of sulfone groups is 1. The maximum atomic E-state index is 12.7. The number of benzene rings is 1. The lowest BCUT2D eigenvalue weighted by Gasteiger charge is -2.24. The van der Waals surface area contributed by atoms with Gasteiger partial charge in [-0.15, -0.1) is 5.10 Å². The van der Waals surface area contributed by atoms with Crippen molar-refractivity contribution in [3.63, 3.8) is 0 Å². The molecule has 1 aromatic heterocycles. The van der Waals surface area contributed by atoms with Gasteiger partial charge in [0.05, 0.1) is 5.75 Å². The SMILES string of the molecule is CC[C@H](C)[C@@H](NC(=O)OC(C)(C)C)c1nnc(S(=O)(=O)Cc2ccccc2C)o1. The van der Waals surface area contributed by atoms with Crippen LogP contribution >= 0.6 is 0 Å². The molecule has 1 amide bonds. The molecule has 1 aromatic carbocycles. The maximum absolute atomic E-state index is 12.7. The van der Waals surface area contributed by atoms with E-state index < -0.39 is 32.8 Å². The summed E-state index contributed by atoms with van der Waals surface area (Å²) < 4.78 is 36.3. The van der Waals surface area contributed by atoms with Crippen molar-refractivity contribution in [1.82, 2.24) is 15.5 Å². The number of amides is 1. The molecule has 2 atom stereocenters. The highest BCUT2D eigenvalue weighted by Gasteiger charge is 2.31. The van der Waals surface area contributed by atoms with Crippen molar-refractivity contribution in [1.29, 1.82) is 0 Å². The minimum absolute atomic E-state index is 0.0357. The molecule has 0 radical (unpaired) electrons. The Bertz CT molecular complexity index is 947. The molecule has 0 fully saturated rings. The van der Waals surface area contributed by atoms with E-state index in [-0.39, 0.29) is 17.6 Å². The van der Waals surface area contributed by atoms with Crippen LogP contribution in [0.25, 0.3) is 0 Å². The molecule has 8 nitrogen and oxygen atoms in total. The van der Waals surface area contributed by atoms with Gasteiger partial charge in [0.2, 0.25) is 15.7 Å². The van der Waals surface area contributed by atoms with E-state index in [1.165, 1.54) is 0 Å². The molecule has 0 aliphatic carbocycles. The van der Waals surface area contributed by atoms with E-state index in [0.717, 1.165) is 5.56 Å². The molecule has 1 heterocycles. The Hall–Kier alpha value is -2.42. The second kappa shape index (κ2) is 8.94. The molecule has 1 N–H and O–H groups in total. The fourth-order valence-electron chi connectivity index (χ4n) is 2.63. The van der Waals surface area contributed by atoms with Crippen molar-refractivity contribution in [2.75, 3.05) is 0 Å². The molecule has 0 spiro atoms. The molecule has 160 valence electrons. The summed E-state index contributed by atoms with van der Waals surface area (Å²) in [6.07, 6.45) is 0.0686. The van der Waals surface area contributed by atoms with Crippen LogP contribution in [-0.2, 0) is 20.3 Å². The number of aryl methyl sites for hydroxylation is 1. The van der Waals surface area contributed by atoms with Crippen molar-refractivity contribution in [3.05, 3.63) is 41.3 Å². The third kappa shape index (κ3) is 6.28. The summed E-state index contributed by atoms with van der Waals surface area (Å²) in [7, 11) is -3.82. The van der Waals surface area contributed by atoms with Gasteiger partial charge in [0.1, 0.15) is 11.6 Å². The highest BCUT2D eigenvalue weighted by molar-refractivity contribution is 7.90. The molecule has 0 aliphatic rings. The first kappa shape index (κ1) is 22.9. The second-order valence-electron chi connectivity index (χ2n) is 8.10. The van der Waals surface area contributed by atoms with Crippen LogP contribution in [0.1, 0.15) is 64.1 Å². The smallest absolute Gasteiger partial charge is 0.408 e.